The Morgan fingerprint density at radius 1 is 1.00 bits per heavy atom. The standard InChI is InChI=1S/C33H33FN6O6/c1-38-31(37-40(33(38)42)23-7-4-3-5-8-23)32(41)36-22-9-10-28(25(34)19-22)46-27-11-12-35-26-21-30(29(43-2)20-24(26)27)45-16-6-13-39-14-17-44-18-15-39/h3-5,7-12,19-21H,6,13-18H2,1-2H3,(H,36,41). The molecule has 0 aliphatic carbocycles. The highest BCUT2D eigenvalue weighted by Crippen LogP contribution is 2.38. The third-order valence-electron chi connectivity index (χ3n) is 7.56. The van der Waals surface area contributed by atoms with Crippen LogP contribution < -0.4 is 25.2 Å². The van der Waals surface area contributed by atoms with E-state index >= 15 is 4.39 Å². The molecule has 0 bridgehead atoms. The van der Waals surface area contributed by atoms with Crippen molar-refractivity contribution in [3.8, 4) is 28.7 Å². The Hall–Kier alpha value is -5.27. The lowest BCUT2D eigenvalue weighted by molar-refractivity contribution is 0.0357. The number of halogens is 1. The van der Waals surface area contributed by atoms with Gasteiger partial charge in [0.2, 0.25) is 5.82 Å². The molecule has 3 aromatic carbocycles. The van der Waals surface area contributed by atoms with Crippen LogP contribution in [0.2, 0.25) is 0 Å². The molecule has 1 N–H and O–H groups in total. The normalized spacial score (nSPS) is 13.5. The van der Waals surface area contributed by atoms with E-state index in [-0.39, 0.29) is 17.3 Å². The summed E-state index contributed by atoms with van der Waals surface area (Å²) >= 11 is 0. The largest absolute Gasteiger partial charge is 0.493 e. The van der Waals surface area contributed by atoms with Crippen molar-refractivity contribution in [1.82, 2.24) is 24.2 Å². The van der Waals surface area contributed by atoms with Crippen molar-refractivity contribution in [2.24, 2.45) is 7.05 Å². The summed E-state index contributed by atoms with van der Waals surface area (Å²) in [6.07, 6.45) is 2.42. The highest BCUT2D eigenvalue weighted by Gasteiger charge is 2.20. The summed E-state index contributed by atoms with van der Waals surface area (Å²) in [5.74, 6) is -0.161. The van der Waals surface area contributed by atoms with Gasteiger partial charge in [-0.1, -0.05) is 18.2 Å². The number of benzene rings is 3. The lowest BCUT2D eigenvalue weighted by atomic mass is 10.1. The molecule has 1 fully saturated rings. The predicted octanol–water partition coefficient (Wildman–Crippen LogP) is 4.41. The van der Waals surface area contributed by atoms with Crippen LogP contribution in [0, 0.1) is 5.82 Å². The molecule has 3 heterocycles. The fourth-order valence-electron chi connectivity index (χ4n) is 5.12. The first-order valence-corrected chi connectivity index (χ1v) is 14.8. The Morgan fingerprint density at radius 2 is 1.80 bits per heavy atom. The number of hydrogen-bond acceptors (Lipinski definition) is 9. The number of rotatable bonds is 11. The molecule has 5 aromatic rings. The zero-order valence-corrected chi connectivity index (χ0v) is 25.4. The number of nitrogens with zero attached hydrogens (tertiary/aromatic N) is 5. The van der Waals surface area contributed by atoms with Crippen LogP contribution in [0.4, 0.5) is 10.1 Å². The highest BCUT2D eigenvalue weighted by molar-refractivity contribution is 6.01. The van der Waals surface area contributed by atoms with Crippen LogP contribution in [0.5, 0.6) is 23.0 Å². The Bertz CT molecular complexity index is 1900. The van der Waals surface area contributed by atoms with Gasteiger partial charge in [-0.3, -0.25) is 19.2 Å². The molecule has 13 heteroatoms. The Morgan fingerprint density at radius 3 is 2.57 bits per heavy atom. The van der Waals surface area contributed by atoms with Gasteiger partial charge >= 0.3 is 5.69 Å². The maximum absolute atomic E-state index is 15.3. The summed E-state index contributed by atoms with van der Waals surface area (Å²) in [5.41, 5.74) is 0.772. The van der Waals surface area contributed by atoms with Gasteiger partial charge in [0.15, 0.2) is 23.1 Å². The van der Waals surface area contributed by atoms with Crippen LogP contribution in [0.1, 0.15) is 17.0 Å². The highest BCUT2D eigenvalue weighted by atomic mass is 19.1. The van der Waals surface area contributed by atoms with Crippen LogP contribution >= 0.6 is 0 Å². The molecule has 0 spiro atoms. The number of pyridine rings is 1. The van der Waals surface area contributed by atoms with Gasteiger partial charge in [-0.05, 0) is 42.8 Å². The van der Waals surface area contributed by atoms with Crippen LogP contribution in [-0.4, -0.2) is 76.7 Å². The summed E-state index contributed by atoms with van der Waals surface area (Å²) in [7, 11) is 2.99. The second-order valence-electron chi connectivity index (χ2n) is 10.6. The minimum atomic E-state index is -0.710. The number of para-hydroxylation sites is 1. The molecule has 12 nitrogen and oxygen atoms in total. The van der Waals surface area contributed by atoms with Gasteiger partial charge in [-0.15, -0.1) is 5.10 Å². The van der Waals surface area contributed by atoms with Gasteiger partial charge in [0.05, 0.1) is 38.1 Å². The quantitative estimate of drug-likeness (QED) is 0.212. The van der Waals surface area contributed by atoms with E-state index in [0.717, 1.165) is 54.6 Å². The summed E-state index contributed by atoms with van der Waals surface area (Å²) in [4.78, 5) is 32.4. The average Bonchev–Trinajstić information content (AvgIpc) is 3.38. The van der Waals surface area contributed by atoms with E-state index in [2.05, 4.69) is 20.3 Å². The maximum atomic E-state index is 15.3. The second kappa shape index (κ2) is 13.8. The van der Waals surface area contributed by atoms with E-state index < -0.39 is 17.4 Å². The zero-order valence-electron chi connectivity index (χ0n) is 25.4. The van der Waals surface area contributed by atoms with Crippen molar-refractivity contribution >= 4 is 22.5 Å². The summed E-state index contributed by atoms with van der Waals surface area (Å²) in [6, 6.07) is 17.9. The number of morpholine rings is 1. The predicted molar refractivity (Wildman–Crippen MR) is 169 cm³/mol. The fourth-order valence-corrected chi connectivity index (χ4v) is 5.12. The van der Waals surface area contributed by atoms with Crippen molar-refractivity contribution in [2.75, 3.05) is 51.9 Å². The molecule has 238 valence electrons. The van der Waals surface area contributed by atoms with Crippen molar-refractivity contribution in [3.63, 3.8) is 0 Å². The molecule has 1 aliphatic heterocycles. The second-order valence-corrected chi connectivity index (χ2v) is 10.6. The van der Waals surface area contributed by atoms with Gasteiger partial charge in [0.1, 0.15) is 5.75 Å². The van der Waals surface area contributed by atoms with Gasteiger partial charge < -0.3 is 24.3 Å². The molecular weight excluding hydrogens is 595 g/mol. The molecule has 1 saturated heterocycles. The zero-order chi connectivity index (χ0) is 32.0. The Kier molecular flexibility index (Phi) is 9.22. The van der Waals surface area contributed by atoms with E-state index in [1.807, 2.05) is 6.07 Å². The van der Waals surface area contributed by atoms with Crippen molar-refractivity contribution in [3.05, 3.63) is 95.1 Å². The number of methoxy groups -OCH3 is 1. The minimum Gasteiger partial charge on any atom is -0.493 e. The lowest BCUT2D eigenvalue weighted by Crippen LogP contribution is -2.37. The van der Waals surface area contributed by atoms with Gasteiger partial charge in [-0.2, -0.15) is 4.68 Å². The molecule has 0 unspecified atom stereocenters. The molecule has 1 amide bonds. The summed E-state index contributed by atoms with van der Waals surface area (Å²) in [5, 5.41) is 7.36. The Labute approximate surface area is 263 Å². The molecular formula is C33H33FN6O6. The van der Waals surface area contributed by atoms with E-state index in [1.54, 1.807) is 55.8 Å². The van der Waals surface area contributed by atoms with Crippen molar-refractivity contribution in [2.45, 2.75) is 6.42 Å². The molecule has 0 radical (unpaired) electrons. The number of hydrogen-bond donors (Lipinski definition) is 1. The maximum Gasteiger partial charge on any atom is 0.350 e. The molecule has 0 saturated carbocycles. The Balaban J connectivity index is 1.14. The van der Waals surface area contributed by atoms with Gasteiger partial charge in [0.25, 0.3) is 5.91 Å². The van der Waals surface area contributed by atoms with Crippen molar-refractivity contribution < 1.29 is 28.1 Å². The van der Waals surface area contributed by atoms with Gasteiger partial charge in [-0.25, -0.2) is 9.18 Å². The lowest BCUT2D eigenvalue weighted by Gasteiger charge is -2.26. The first-order chi connectivity index (χ1) is 22.4. The molecule has 2 aromatic heterocycles. The molecule has 0 atom stereocenters. The van der Waals surface area contributed by atoms with Crippen LogP contribution in [-0.2, 0) is 11.8 Å². The molecule has 6 rings (SSSR count). The average molecular weight is 629 g/mol. The number of nitrogens with one attached hydrogen (secondary N) is 1. The van der Waals surface area contributed by atoms with E-state index in [9.17, 15) is 9.59 Å². The number of ether oxygens (including phenoxy) is 4. The number of carbonyl (C=O) groups excluding carboxylic acids is 1. The molecule has 1 aliphatic rings. The number of carbonyl (C=O) groups is 1. The topological polar surface area (TPSA) is 122 Å². The van der Waals surface area contributed by atoms with Crippen LogP contribution in [0.15, 0.2) is 77.7 Å². The smallest absolute Gasteiger partial charge is 0.350 e. The number of amides is 1. The minimum absolute atomic E-state index is 0.0614. The summed E-state index contributed by atoms with van der Waals surface area (Å²) in [6.45, 7) is 4.79. The fraction of sp³-hybridized carbons (Fsp3) is 0.273. The third kappa shape index (κ3) is 6.70. The summed E-state index contributed by atoms with van der Waals surface area (Å²) < 4.78 is 40.5. The first-order valence-electron chi connectivity index (χ1n) is 14.8. The number of aromatic nitrogens is 4. The number of fused-ring (bicyclic) bond motifs is 1. The van der Waals surface area contributed by atoms with Crippen LogP contribution in [0.3, 0.4) is 0 Å². The van der Waals surface area contributed by atoms with E-state index in [4.69, 9.17) is 18.9 Å². The monoisotopic (exact) mass is 628 g/mol. The third-order valence-corrected chi connectivity index (χ3v) is 7.56. The van der Waals surface area contributed by atoms with Crippen LogP contribution in [0.25, 0.3) is 16.6 Å². The van der Waals surface area contributed by atoms with E-state index in [0.29, 0.717) is 40.4 Å². The number of anilines is 1. The van der Waals surface area contributed by atoms with Crippen molar-refractivity contribution in [1.29, 1.82) is 0 Å². The molecule has 46 heavy (non-hydrogen) atoms. The van der Waals surface area contributed by atoms with E-state index in [1.165, 1.54) is 19.2 Å². The first kappa shape index (κ1) is 30.7. The van der Waals surface area contributed by atoms with Gasteiger partial charge in [0, 0.05) is 56.1 Å². The SMILES string of the molecule is COc1cc2c(Oc3ccc(NC(=O)c4nn(-c5ccccc5)c(=O)n4C)cc3F)ccnc2cc1OCCCN1CCOCC1.